The molecule has 0 aliphatic heterocycles. The summed E-state index contributed by atoms with van der Waals surface area (Å²) in [4.78, 5) is 13.2. The minimum atomic E-state index is 0.0233. The van der Waals surface area contributed by atoms with Crippen LogP contribution in [-0.4, -0.2) is 12.2 Å². The molecule has 0 unspecified atom stereocenters. The highest BCUT2D eigenvalue weighted by atomic mass is 32.2. The standard InChI is InChI=1S/C17H19NOS/c1-12-7-8-14(13(2)9-12)10-17(19)18-15-5-4-6-16(11-15)20-3/h4-9,11H,10H2,1-3H3,(H,18,19). The summed E-state index contributed by atoms with van der Waals surface area (Å²) in [6.45, 7) is 4.11. The molecule has 2 rings (SSSR count). The van der Waals surface area contributed by atoms with Crippen LogP contribution in [-0.2, 0) is 11.2 Å². The van der Waals surface area contributed by atoms with Gasteiger partial charge in [-0.2, -0.15) is 0 Å². The third kappa shape index (κ3) is 3.87. The summed E-state index contributed by atoms with van der Waals surface area (Å²) in [6.07, 6.45) is 2.44. The maximum Gasteiger partial charge on any atom is 0.228 e. The quantitative estimate of drug-likeness (QED) is 0.853. The van der Waals surface area contributed by atoms with E-state index >= 15 is 0 Å². The molecule has 0 aromatic heterocycles. The highest BCUT2D eigenvalue weighted by molar-refractivity contribution is 7.98. The van der Waals surface area contributed by atoms with Crippen molar-refractivity contribution < 1.29 is 4.79 Å². The first kappa shape index (κ1) is 14.7. The molecule has 1 N–H and O–H groups in total. The van der Waals surface area contributed by atoms with E-state index in [0.717, 1.165) is 21.7 Å². The van der Waals surface area contributed by atoms with Crippen LogP contribution in [0, 0.1) is 13.8 Å². The van der Waals surface area contributed by atoms with Crippen LogP contribution in [0.2, 0.25) is 0 Å². The van der Waals surface area contributed by atoms with E-state index in [1.165, 1.54) is 5.56 Å². The lowest BCUT2D eigenvalue weighted by Crippen LogP contribution is -2.15. The third-order valence-electron chi connectivity index (χ3n) is 3.20. The topological polar surface area (TPSA) is 29.1 Å². The van der Waals surface area contributed by atoms with Gasteiger partial charge in [-0.25, -0.2) is 0 Å². The highest BCUT2D eigenvalue weighted by Crippen LogP contribution is 2.19. The van der Waals surface area contributed by atoms with Crippen molar-refractivity contribution >= 4 is 23.4 Å². The molecule has 2 nitrogen and oxygen atoms in total. The maximum atomic E-state index is 12.1. The van der Waals surface area contributed by atoms with Crippen LogP contribution < -0.4 is 5.32 Å². The molecule has 0 heterocycles. The molecule has 104 valence electrons. The van der Waals surface area contributed by atoms with Gasteiger partial charge >= 0.3 is 0 Å². The third-order valence-corrected chi connectivity index (χ3v) is 3.93. The molecule has 2 aromatic rings. The van der Waals surface area contributed by atoms with Gasteiger partial charge in [-0.1, -0.05) is 29.8 Å². The minimum Gasteiger partial charge on any atom is -0.326 e. The molecule has 3 heteroatoms. The highest BCUT2D eigenvalue weighted by Gasteiger charge is 2.07. The van der Waals surface area contributed by atoms with E-state index in [0.29, 0.717) is 6.42 Å². The van der Waals surface area contributed by atoms with Gasteiger partial charge in [0.1, 0.15) is 0 Å². The molecule has 1 amide bonds. The molecule has 20 heavy (non-hydrogen) atoms. The van der Waals surface area contributed by atoms with Crippen molar-refractivity contribution in [2.45, 2.75) is 25.2 Å². The van der Waals surface area contributed by atoms with Crippen LogP contribution >= 0.6 is 11.8 Å². The summed E-state index contributed by atoms with van der Waals surface area (Å²) in [5, 5.41) is 2.95. The van der Waals surface area contributed by atoms with Crippen molar-refractivity contribution in [1.82, 2.24) is 0 Å². The Balaban J connectivity index is 2.05. The number of thioether (sulfide) groups is 1. The summed E-state index contributed by atoms with van der Waals surface area (Å²) in [5.74, 6) is 0.0233. The van der Waals surface area contributed by atoms with Gasteiger partial charge in [-0.3, -0.25) is 4.79 Å². The number of anilines is 1. The second-order valence-electron chi connectivity index (χ2n) is 4.89. The second-order valence-corrected chi connectivity index (χ2v) is 5.77. The van der Waals surface area contributed by atoms with Gasteiger partial charge in [-0.15, -0.1) is 11.8 Å². The van der Waals surface area contributed by atoms with Gasteiger partial charge in [0.2, 0.25) is 5.91 Å². The van der Waals surface area contributed by atoms with Crippen molar-refractivity contribution in [3.8, 4) is 0 Å². The monoisotopic (exact) mass is 285 g/mol. The number of carbonyl (C=O) groups excluding carboxylic acids is 1. The summed E-state index contributed by atoms with van der Waals surface area (Å²) in [6, 6.07) is 14.1. The fraction of sp³-hybridized carbons (Fsp3) is 0.235. The molecule has 0 aliphatic rings. The summed E-state index contributed by atoms with van der Waals surface area (Å²) in [7, 11) is 0. The Morgan fingerprint density at radius 1 is 1.15 bits per heavy atom. The predicted molar refractivity (Wildman–Crippen MR) is 86.5 cm³/mol. The molecule has 0 atom stereocenters. The fourth-order valence-corrected chi connectivity index (χ4v) is 2.58. The van der Waals surface area contributed by atoms with Crippen molar-refractivity contribution in [1.29, 1.82) is 0 Å². The zero-order valence-electron chi connectivity index (χ0n) is 12.1. The molecule has 0 fully saturated rings. The lowest BCUT2D eigenvalue weighted by atomic mass is 10.0. The van der Waals surface area contributed by atoms with Crippen molar-refractivity contribution in [2.24, 2.45) is 0 Å². The SMILES string of the molecule is CSc1cccc(NC(=O)Cc2ccc(C)cc2C)c1. The molecule has 2 aromatic carbocycles. The smallest absolute Gasteiger partial charge is 0.228 e. The zero-order valence-corrected chi connectivity index (χ0v) is 12.9. The second kappa shape index (κ2) is 6.62. The van der Waals surface area contributed by atoms with Gasteiger partial charge in [0.15, 0.2) is 0 Å². The first-order chi connectivity index (χ1) is 9.58. The number of hydrogen-bond donors (Lipinski definition) is 1. The molecule has 0 saturated heterocycles. The van der Waals surface area contributed by atoms with Crippen LogP contribution in [0.25, 0.3) is 0 Å². The normalized spacial score (nSPS) is 10.3. The van der Waals surface area contributed by atoms with E-state index in [4.69, 9.17) is 0 Å². The fourth-order valence-electron chi connectivity index (χ4n) is 2.12. The molecule has 0 radical (unpaired) electrons. The van der Waals surface area contributed by atoms with Gasteiger partial charge in [0.25, 0.3) is 0 Å². The average Bonchev–Trinajstić information content (AvgIpc) is 2.42. The number of hydrogen-bond acceptors (Lipinski definition) is 2. The lowest BCUT2D eigenvalue weighted by molar-refractivity contribution is -0.115. The Hall–Kier alpha value is -1.74. The van der Waals surface area contributed by atoms with Crippen molar-refractivity contribution in [3.05, 3.63) is 59.2 Å². The average molecular weight is 285 g/mol. The minimum absolute atomic E-state index is 0.0233. The van der Waals surface area contributed by atoms with Gasteiger partial charge < -0.3 is 5.32 Å². The van der Waals surface area contributed by atoms with E-state index in [9.17, 15) is 4.79 Å². The zero-order chi connectivity index (χ0) is 14.5. The van der Waals surface area contributed by atoms with E-state index in [2.05, 4.69) is 18.3 Å². The van der Waals surface area contributed by atoms with Crippen molar-refractivity contribution in [2.75, 3.05) is 11.6 Å². The first-order valence-electron chi connectivity index (χ1n) is 6.58. The van der Waals surface area contributed by atoms with Crippen molar-refractivity contribution in [3.63, 3.8) is 0 Å². The maximum absolute atomic E-state index is 12.1. The number of nitrogens with one attached hydrogen (secondary N) is 1. The predicted octanol–water partition coefficient (Wildman–Crippen LogP) is 4.21. The van der Waals surface area contributed by atoms with E-state index in [1.54, 1.807) is 11.8 Å². The van der Waals surface area contributed by atoms with E-state index in [-0.39, 0.29) is 5.91 Å². The Bertz CT molecular complexity index is 622. The summed E-state index contributed by atoms with van der Waals surface area (Å²) in [5.41, 5.74) is 4.32. The number of amides is 1. The molecule has 0 saturated carbocycles. The summed E-state index contributed by atoms with van der Waals surface area (Å²) >= 11 is 1.67. The largest absolute Gasteiger partial charge is 0.326 e. The Kier molecular flexibility index (Phi) is 4.85. The Morgan fingerprint density at radius 3 is 2.65 bits per heavy atom. The van der Waals surface area contributed by atoms with Gasteiger partial charge in [0, 0.05) is 10.6 Å². The molecular formula is C17H19NOS. The Morgan fingerprint density at radius 2 is 1.95 bits per heavy atom. The first-order valence-corrected chi connectivity index (χ1v) is 7.81. The number of benzene rings is 2. The van der Waals surface area contributed by atoms with Crippen LogP contribution in [0.5, 0.6) is 0 Å². The van der Waals surface area contributed by atoms with Crippen LogP contribution in [0.15, 0.2) is 47.4 Å². The van der Waals surface area contributed by atoms with Crippen LogP contribution in [0.1, 0.15) is 16.7 Å². The number of rotatable bonds is 4. The number of aryl methyl sites for hydroxylation is 2. The van der Waals surface area contributed by atoms with Gasteiger partial charge in [-0.05, 0) is 49.4 Å². The molecule has 0 spiro atoms. The molecule has 0 aliphatic carbocycles. The summed E-state index contributed by atoms with van der Waals surface area (Å²) < 4.78 is 0. The van der Waals surface area contributed by atoms with Gasteiger partial charge in [0.05, 0.1) is 6.42 Å². The van der Waals surface area contributed by atoms with E-state index in [1.807, 2.05) is 49.6 Å². The molecular weight excluding hydrogens is 266 g/mol. The van der Waals surface area contributed by atoms with Crippen LogP contribution in [0.3, 0.4) is 0 Å². The number of carbonyl (C=O) groups is 1. The van der Waals surface area contributed by atoms with Crippen LogP contribution in [0.4, 0.5) is 5.69 Å². The molecule has 0 bridgehead atoms. The Labute approximate surface area is 124 Å². The lowest BCUT2D eigenvalue weighted by Gasteiger charge is -2.09. The van der Waals surface area contributed by atoms with E-state index < -0.39 is 0 Å².